The molecule has 0 amide bonds. The molecule has 0 aromatic heterocycles. The maximum atomic E-state index is 11.5. The molecule has 0 bridgehead atoms. The molecular weight excluding hydrogens is 208 g/mol. The summed E-state index contributed by atoms with van der Waals surface area (Å²) < 4.78 is 0. The molecule has 0 spiro atoms. The Balaban J connectivity index is 2.55. The van der Waals surface area contributed by atoms with Gasteiger partial charge in [0.1, 0.15) is 0 Å². The topological polar surface area (TPSA) is 71.4 Å². The van der Waals surface area contributed by atoms with Crippen LogP contribution in [0.2, 0.25) is 0 Å². The van der Waals surface area contributed by atoms with Gasteiger partial charge in [0.15, 0.2) is 0 Å². The van der Waals surface area contributed by atoms with Crippen molar-refractivity contribution in [3.63, 3.8) is 0 Å². The predicted molar refractivity (Wildman–Crippen MR) is 56.2 cm³/mol. The van der Waals surface area contributed by atoms with Crippen molar-refractivity contribution >= 4 is 23.6 Å². The quantitative estimate of drug-likeness (QED) is 0.751. The van der Waals surface area contributed by atoms with Crippen LogP contribution in [0.5, 0.6) is 0 Å². The molecule has 0 radical (unpaired) electrons. The SMILES string of the molecule is O=C(O)Cc1cccc2c1C=CC(=O)C2=O. The lowest BCUT2D eigenvalue weighted by molar-refractivity contribution is -0.136. The molecule has 0 fully saturated rings. The lowest BCUT2D eigenvalue weighted by atomic mass is 9.90. The van der Waals surface area contributed by atoms with Crippen LogP contribution in [0.1, 0.15) is 21.5 Å². The van der Waals surface area contributed by atoms with Gasteiger partial charge in [-0.3, -0.25) is 14.4 Å². The van der Waals surface area contributed by atoms with Gasteiger partial charge in [-0.2, -0.15) is 0 Å². The number of ketones is 2. The normalized spacial score (nSPS) is 13.8. The van der Waals surface area contributed by atoms with Gasteiger partial charge in [0.2, 0.25) is 11.6 Å². The number of Topliss-reactive ketones (excluding diaryl/α,β-unsaturated/α-hetero) is 1. The molecule has 1 aliphatic carbocycles. The fourth-order valence-corrected chi connectivity index (χ4v) is 1.69. The van der Waals surface area contributed by atoms with Gasteiger partial charge in [-0.15, -0.1) is 0 Å². The van der Waals surface area contributed by atoms with E-state index >= 15 is 0 Å². The molecule has 0 heterocycles. The van der Waals surface area contributed by atoms with Gasteiger partial charge in [-0.25, -0.2) is 0 Å². The third-order valence-corrected chi connectivity index (χ3v) is 2.41. The fraction of sp³-hybridized carbons (Fsp3) is 0.0833. The van der Waals surface area contributed by atoms with Crippen LogP contribution in [-0.2, 0) is 16.0 Å². The van der Waals surface area contributed by atoms with E-state index in [2.05, 4.69) is 0 Å². The van der Waals surface area contributed by atoms with E-state index < -0.39 is 17.5 Å². The molecule has 0 unspecified atom stereocenters. The van der Waals surface area contributed by atoms with E-state index in [1.807, 2.05) is 0 Å². The summed E-state index contributed by atoms with van der Waals surface area (Å²) in [6, 6.07) is 4.76. The maximum absolute atomic E-state index is 11.5. The zero-order valence-corrected chi connectivity index (χ0v) is 8.27. The number of carbonyl (C=O) groups is 3. The van der Waals surface area contributed by atoms with E-state index in [4.69, 9.17) is 5.11 Å². The van der Waals surface area contributed by atoms with Crippen molar-refractivity contribution in [2.24, 2.45) is 0 Å². The first-order valence-electron chi connectivity index (χ1n) is 4.70. The van der Waals surface area contributed by atoms with Gasteiger partial charge < -0.3 is 5.11 Å². The second kappa shape index (κ2) is 3.73. The van der Waals surface area contributed by atoms with E-state index in [0.29, 0.717) is 11.1 Å². The number of carboxylic acids is 1. The van der Waals surface area contributed by atoms with Crippen LogP contribution in [0.15, 0.2) is 24.3 Å². The summed E-state index contributed by atoms with van der Waals surface area (Å²) in [5, 5.41) is 8.71. The van der Waals surface area contributed by atoms with Crippen LogP contribution in [0.25, 0.3) is 6.08 Å². The van der Waals surface area contributed by atoms with Gasteiger partial charge in [0.05, 0.1) is 6.42 Å². The summed E-state index contributed by atoms with van der Waals surface area (Å²) in [5.41, 5.74) is 1.36. The van der Waals surface area contributed by atoms with E-state index in [0.717, 1.165) is 0 Å². The summed E-state index contributed by atoms with van der Waals surface area (Å²) in [6.45, 7) is 0. The number of carboxylic acid groups (broad SMARTS) is 1. The standard InChI is InChI=1S/C12H8O4/c13-10-5-4-8-7(6-11(14)15)2-1-3-9(8)12(10)16/h1-5H,6H2,(H,14,15). The number of aliphatic carboxylic acids is 1. The first-order valence-corrected chi connectivity index (χ1v) is 4.70. The minimum atomic E-state index is -0.967. The van der Waals surface area contributed by atoms with E-state index in [-0.39, 0.29) is 12.0 Å². The number of carbonyl (C=O) groups excluding carboxylic acids is 2. The van der Waals surface area contributed by atoms with Gasteiger partial charge in [-0.05, 0) is 23.3 Å². The van der Waals surface area contributed by atoms with Gasteiger partial charge in [-0.1, -0.05) is 18.2 Å². The Morgan fingerprint density at radius 1 is 1.19 bits per heavy atom. The first kappa shape index (κ1) is 10.3. The highest BCUT2D eigenvalue weighted by molar-refractivity contribution is 6.50. The second-order valence-corrected chi connectivity index (χ2v) is 3.48. The first-order chi connectivity index (χ1) is 7.59. The van der Waals surface area contributed by atoms with Gasteiger partial charge in [0.25, 0.3) is 0 Å². The minimum absolute atomic E-state index is 0.158. The van der Waals surface area contributed by atoms with Crippen LogP contribution in [0.3, 0.4) is 0 Å². The van der Waals surface area contributed by atoms with Crippen molar-refractivity contribution in [1.82, 2.24) is 0 Å². The van der Waals surface area contributed by atoms with Crippen LogP contribution in [0, 0.1) is 0 Å². The summed E-state index contributed by atoms with van der Waals surface area (Å²) >= 11 is 0. The average Bonchev–Trinajstić information content (AvgIpc) is 2.23. The fourth-order valence-electron chi connectivity index (χ4n) is 1.69. The summed E-state index contributed by atoms with van der Waals surface area (Å²) in [6.07, 6.45) is 2.52. The van der Waals surface area contributed by atoms with E-state index in [1.54, 1.807) is 12.1 Å². The van der Waals surface area contributed by atoms with Crippen molar-refractivity contribution < 1.29 is 19.5 Å². The van der Waals surface area contributed by atoms with Gasteiger partial charge in [0, 0.05) is 5.56 Å². The molecule has 0 saturated carbocycles. The molecule has 80 valence electrons. The molecule has 1 N–H and O–H groups in total. The van der Waals surface area contributed by atoms with Crippen molar-refractivity contribution in [2.45, 2.75) is 6.42 Å². The highest BCUT2D eigenvalue weighted by Crippen LogP contribution is 2.22. The third-order valence-electron chi connectivity index (χ3n) is 2.41. The minimum Gasteiger partial charge on any atom is -0.481 e. The highest BCUT2D eigenvalue weighted by Gasteiger charge is 2.22. The number of rotatable bonds is 2. The summed E-state index contributed by atoms with van der Waals surface area (Å²) in [4.78, 5) is 33.3. The number of fused-ring (bicyclic) bond motifs is 1. The molecule has 4 heteroatoms. The molecular formula is C12H8O4. The third kappa shape index (κ3) is 1.65. The molecule has 1 aliphatic rings. The van der Waals surface area contributed by atoms with Crippen LogP contribution in [-0.4, -0.2) is 22.6 Å². The van der Waals surface area contributed by atoms with Crippen molar-refractivity contribution in [2.75, 3.05) is 0 Å². The number of allylic oxidation sites excluding steroid dienone is 1. The van der Waals surface area contributed by atoms with E-state index in [9.17, 15) is 14.4 Å². The average molecular weight is 216 g/mol. The zero-order valence-electron chi connectivity index (χ0n) is 8.27. The molecule has 0 atom stereocenters. The zero-order chi connectivity index (χ0) is 11.7. The molecule has 1 aromatic rings. The van der Waals surface area contributed by atoms with E-state index in [1.165, 1.54) is 18.2 Å². The number of hydrogen-bond donors (Lipinski definition) is 1. The van der Waals surface area contributed by atoms with Crippen LogP contribution >= 0.6 is 0 Å². The molecule has 0 aliphatic heterocycles. The molecule has 0 saturated heterocycles. The van der Waals surface area contributed by atoms with Crippen LogP contribution in [0.4, 0.5) is 0 Å². The van der Waals surface area contributed by atoms with Crippen molar-refractivity contribution in [3.8, 4) is 0 Å². The van der Waals surface area contributed by atoms with Gasteiger partial charge >= 0.3 is 5.97 Å². The van der Waals surface area contributed by atoms with Crippen molar-refractivity contribution in [3.05, 3.63) is 41.0 Å². The second-order valence-electron chi connectivity index (χ2n) is 3.48. The Hall–Kier alpha value is -2.23. The van der Waals surface area contributed by atoms with Crippen molar-refractivity contribution in [1.29, 1.82) is 0 Å². The summed E-state index contributed by atoms with van der Waals surface area (Å²) in [5.74, 6) is -2.11. The monoisotopic (exact) mass is 216 g/mol. The Kier molecular flexibility index (Phi) is 2.40. The Bertz CT molecular complexity index is 526. The number of benzene rings is 1. The lowest BCUT2D eigenvalue weighted by Gasteiger charge is -2.11. The van der Waals surface area contributed by atoms with Crippen LogP contribution < -0.4 is 0 Å². The number of hydrogen-bond acceptors (Lipinski definition) is 3. The predicted octanol–water partition coefficient (Wildman–Crippen LogP) is 1.09. The molecule has 4 nitrogen and oxygen atoms in total. The Morgan fingerprint density at radius 2 is 1.94 bits per heavy atom. The Morgan fingerprint density at radius 3 is 2.62 bits per heavy atom. The highest BCUT2D eigenvalue weighted by atomic mass is 16.4. The lowest BCUT2D eigenvalue weighted by Crippen LogP contribution is -2.17. The molecule has 1 aromatic carbocycles. The smallest absolute Gasteiger partial charge is 0.307 e. The molecule has 16 heavy (non-hydrogen) atoms. The summed E-state index contributed by atoms with van der Waals surface area (Å²) in [7, 11) is 0. The molecule has 2 rings (SSSR count). The maximum Gasteiger partial charge on any atom is 0.307 e. The largest absolute Gasteiger partial charge is 0.481 e. The Labute approximate surface area is 91.2 Å².